The lowest BCUT2D eigenvalue weighted by atomic mass is 10.1. The SMILES string of the molecule is CCC(=O)c1ccc(C)c(Br)c1. The van der Waals surface area contributed by atoms with E-state index in [2.05, 4.69) is 15.9 Å². The van der Waals surface area contributed by atoms with Crippen molar-refractivity contribution in [1.82, 2.24) is 0 Å². The topological polar surface area (TPSA) is 17.1 Å². The van der Waals surface area contributed by atoms with Gasteiger partial charge in [0.2, 0.25) is 0 Å². The van der Waals surface area contributed by atoms with Gasteiger partial charge in [-0.05, 0) is 18.6 Å². The molecule has 0 N–H and O–H groups in total. The zero-order chi connectivity index (χ0) is 9.14. The van der Waals surface area contributed by atoms with Crippen molar-refractivity contribution in [3.05, 3.63) is 33.8 Å². The van der Waals surface area contributed by atoms with E-state index in [0.717, 1.165) is 15.6 Å². The molecule has 0 spiro atoms. The van der Waals surface area contributed by atoms with Gasteiger partial charge in [-0.3, -0.25) is 4.79 Å². The van der Waals surface area contributed by atoms with E-state index < -0.39 is 0 Å². The van der Waals surface area contributed by atoms with Crippen LogP contribution in [0.2, 0.25) is 0 Å². The Labute approximate surface area is 80.9 Å². The summed E-state index contributed by atoms with van der Waals surface area (Å²) in [5.74, 6) is 0.190. The predicted octanol–water partition coefficient (Wildman–Crippen LogP) is 3.35. The van der Waals surface area contributed by atoms with Gasteiger partial charge in [-0.25, -0.2) is 0 Å². The van der Waals surface area contributed by atoms with Crippen LogP contribution < -0.4 is 0 Å². The third kappa shape index (κ3) is 1.95. The summed E-state index contributed by atoms with van der Waals surface area (Å²) < 4.78 is 1.00. The molecule has 0 fully saturated rings. The Morgan fingerprint density at radius 2 is 2.17 bits per heavy atom. The van der Waals surface area contributed by atoms with Crippen molar-refractivity contribution < 1.29 is 4.79 Å². The smallest absolute Gasteiger partial charge is 0.162 e. The molecule has 0 atom stereocenters. The fourth-order valence-electron chi connectivity index (χ4n) is 0.970. The van der Waals surface area contributed by atoms with Gasteiger partial charge in [0, 0.05) is 16.5 Å². The van der Waals surface area contributed by atoms with Gasteiger partial charge in [0.15, 0.2) is 5.78 Å². The highest BCUT2D eigenvalue weighted by atomic mass is 79.9. The predicted molar refractivity (Wildman–Crippen MR) is 53.5 cm³/mol. The number of hydrogen-bond donors (Lipinski definition) is 0. The molecule has 1 rings (SSSR count). The Balaban J connectivity index is 3.05. The summed E-state index contributed by atoms with van der Waals surface area (Å²) in [5.41, 5.74) is 1.94. The minimum Gasteiger partial charge on any atom is -0.294 e. The van der Waals surface area contributed by atoms with Gasteiger partial charge in [0.1, 0.15) is 0 Å². The monoisotopic (exact) mass is 226 g/mol. The number of rotatable bonds is 2. The Morgan fingerprint density at radius 3 is 2.67 bits per heavy atom. The van der Waals surface area contributed by atoms with Crippen LogP contribution in [-0.2, 0) is 0 Å². The molecule has 0 heterocycles. The van der Waals surface area contributed by atoms with Crippen LogP contribution in [0, 0.1) is 6.92 Å². The van der Waals surface area contributed by atoms with Crippen molar-refractivity contribution in [3.63, 3.8) is 0 Å². The van der Waals surface area contributed by atoms with E-state index in [9.17, 15) is 4.79 Å². The lowest BCUT2D eigenvalue weighted by molar-refractivity contribution is 0.0988. The maximum absolute atomic E-state index is 11.3. The number of carbonyl (C=O) groups excluding carboxylic acids is 1. The molecule has 1 aromatic carbocycles. The summed E-state index contributed by atoms with van der Waals surface area (Å²) in [6.45, 7) is 3.88. The molecule has 1 nitrogen and oxygen atoms in total. The molecule has 0 saturated heterocycles. The zero-order valence-corrected chi connectivity index (χ0v) is 8.81. The van der Waals surface area contributed by atoms with Gasteiger partial charge in [0.05, 0.1) is 0 Å². The second-order valence-corrected chi connectivity index (χ2v) is 3.60. The lowest BCUT2D eigenvalue weighted by Crippen LogP contribution is -1.96. The molecule has 0 unspecified atom stereocenters. The molecule has 2 heteroatoms. The first-order valence-corrected chi connectivity index (χ1v) is 4.73. The van der Waals surface area contributed by atoms with Crippen molar-refractivity contribution >= 4 is 21.7 Å². The number of halogens is 1. The summed E-state index contributed by atoms with van der Waals surface area (Å²) in [6, 6.07) is 5.69. The molecule has 0 aromatic heterocycles. The van der Waals surface area contributed by atoms with Gasteiger partial charge in [-0.1, -0.05) is 35.0 Å². The van der Waals surface area contributed by atoms with Crippen LogP contribution in [0.25, 0.3) is 0 Å². The molecule has 0 aliphatic heterocycles. The van der Waals surface area contributed by atoms with Crippen molar-refractivity contribution in [2.45, 2.75) is 20.3 Å². The Hall–Kier alpha value is -0.630. The second kappa shape index (κ2) is 3.85. The zero-order valence-electron chi connectivity index (χ0n) is 7.23. The highest BCUT2D eigenvalue weighted by Crippen LogP contribution is 2.18. The first-order valence-electron chi connectivity index (χ1n) is 3.94. The lowest BCUT2D eigenvalue weighted by Gasteiger charge is -2.00. The number of Topliss-reactive ketones (excluding diaryl/α,β-unsaturated/α-hetero) is 1. The van der Waals surface area contributed by atoms with E-state index in [4.69, 9.17) is 0 Å². The molecule has 0 aliphatic carbocycles. The molecule has 0 radical (unpaired) electrons. The fraction of sp³-hybridized carbons (Fsp3) is 0.300. The number of ketones is 1. The van der Waals surface area contributed by atoms with Crippen LogP contribution in [0.4, 0.5) is 0 Å². The summed E-state index contributed by atoms with van der Waals surface area (Å²) in [4.78, 5) is 11.3. The quantitative estimate of drug-likeness (QED) is 0.708. The van der Waals surface area contributed by atoms with Gasteiger partial charge >= 0.3 is 0 Å². The first-order chi connectivity index (χ1) is 5.65. The molecule has 1 aromatic rings. The standard InChI is InChI=1S/C10H11BrO/c1-3-10(12)8-5-4-7(2)9(11)6-8/h4-6H,3H2,1-2H3. The van der Waals surface area contributed by atoms with Crippen LogP contribution >= 0.6 is 15.9 Å². The van der Waals surface area contributed by atoms with E-state index in [-0.39, 0.29) is 5.78 Å². The van der Waals surface area contributed by atoms with Crippen molar-refractivity contribution in [2.75, 3.05) is 0 Å². The summed E-state index contributed by atoms with van der Waals surface area (Å²) >= 11 is 3.39. The van der Waals surface area contributed by atoms with E-state index in [1.165, 1.54) is 0 Å². The molecule has 0 aliphatic rings. The Morgan fingerprint density at radius 1 is 1.50 bits per heavy atom. The molecular formula is C10H11BrO. The second-order valence-electron chi connectivity index (χ2n) is 2.74. The first kappa shape index (κ1) is 9.46. The maximum Gasteiger partial charge on any atom is 0.162 e. The van der Waals surface area contributed by atoms with E-state index >= 15 is 0 Å². The van der Waals surface area contributed by atoms with Crippen LogP contribution in [0.1, 0.15) is 29.3 Å². The Bertz CT molecular complexity index is 305. The molecular weight excluding hydrogens is 216 g/mol. The van der Waals surface area contributed by atoms with E-state index in [1.54, 1.807) is 0 Å². The summed E-state index contributed by atoms with van der Waals surface area (Å²) in [6.07, 6.45) is 0.565. The molecule has 0 amide bonds. The van der Waals surface area contributed by atoms with Gasteiger partial charge < -0.3 is 0 Å². The minimum atomic E-state index is 0.190. The average molecular weight is 227 g/mol. The third-order valence-electron chi connectivity index (χ3n) is 1.81. The highest BCUT2D eigenvalue weighted by Gasteiger charge is 2.03. The van der Waals surface area contributed by atoms with Crippen LogP contribution in [0.5, 0.6) is 0 Å². The largest absolute Gasteiger partial charge is 0.294 e. The minimum absolute atomic E-state index is 0.190. The normalized spacial score (nSPS) is 9.92. The average Bonchev–Trinajstić information content (AvgIpc) is 2.08. The van der Waals surface area contributed by atoms with Crippen molar-refractivity contribution in [2.24, 2.45) is 0 Å². The fourth-order valence-corrected chi connectivity index (χ4v) is 1.35. The molecule has 64 valence electrons. The van der Waals surface area contributed by atoms with Crippen molar-refractivity contribution in [3.8, 4) is 0 Å². The van der Waals surface area contributed by atoms with E-state index in [1.807, 2.05) is 32.0 Å². The van der Waals surface area contributed by atoms with Crippen LogP contribution in [0.3, 0.4) is 0 Å². The van der Waals surface area contributed by atoms with Gasteiger partial charge in [-0.2, -0.15) is 0 Å². The van der Waals surface area contributed by atoms with Crippen LogP contribution in [-0.4, -0.2) is 5.78 Å². The Kier molecular flexibility index (Phi) is 3.04. The molecule has 0 saturated carbocycles. The highest BCUT2D eigenvalue weighted by molar-refractivity contribution is 9.10. The van der Waals surface area contributed by atoms with Gasteiger partial charge in [-0.15, -0.1) is 0 Å². The number of carbonyl (C=O) groups is 1. The molecule has 0 bridgehead atoms. The third-order valence-corrected chi connectivity index (χ3v) is 2.67. The van der Waals surface area contributed by atoms with Gasteiger partial charge in [0.25, 0.3) is 0 Å². The number of aryl methyl sites for hydroxylation is 1. The molecule has 12 heavy (non-hydrogen) atoms. The van der Waals surface area contributed by atoms with E-state index in [0.29, 0.717) is 6.42 Å². The summed E-state index contributed by atoms with van der Waals surface area (Å²) in [7, 11) is 0. The maximum atomic E-state index is 11.3. The van der Waals surface area contributed by atoms with Crippen molar-refractivity contribution in [1.29, 1.82) is 0 Å². The van der Waals surface area contributed by atoms with Crippen LogP contribution in [0.15, 0.2) is 22.7 Å². The number of hydrogen-bond acceptors (Lipinski definition) is 1. The summed E-state index contributed by atoms with van der Waals surface area (Å²) in [5, 5.41) is 0. The number of benzene rings is 1.